The average molecular weight is 489 g/mol. The first-order valence-electron chi connectivity index (χ1n) is 12.3. The fourth-order valence-corrected chi connectivity index (χ4v) is 3.92. The number of hydrogen-bond acceptors (Lipinski definition) is 6. The monoisotopic (exact) mass is 488 g/mol. The molecule has 0 heterocycles. The Morgan fingerprint density at radius 3 is 0.833 bits per heavy atom. The van der Waals surface area contributed by atoms with Crippen molar-refractivity contribution in [3.05, 3.63) is 95.1 Å². The molecule has 0 bridgehead atoms. The van der Waals surface area contributed by atoms with Crippen LogP contribution in [0, 0.1) is 0 Å². The van der Waals surface area contributed by atoms with E-state index in [1.54, 1.807) is 0 Å². The van der Waals surface area contributed by atoms with Gasteiger partial charge in [0.15, 0.2) is 0 Å². The third kappa shape index (κ3) is 8.36. The highest BCUT2D eigenvalue weighted by atomic mass is 16.3. The molecule has 0 aliphatic carbocycles. The molecule has 3 aromatic carbocycles. The molecule has 3 aromatic rings. The van der Waals surface area contributed by atoms with Crippen LogP contribution in [0.3, 0.4) is 0 Å². The topological polar surface area (TPSA) is 87.4 Å². The van der Waals surface area contributed by atoms with Gasteiger partial charge in [-0.05, 0) is 46.5 Å². The zero-order valence-corrected chi connectivity index (χ0v) is 20.6. The molecule has 0 fully saturated rings. The van der Waals surface area contributed by atoms with Crippen molar-refractivity contribution in [1.82, 2.24) is 0 Å². The number of anilines is 2. The van der Waals surface area contributed by atoms with Gasteiger partial charge in [0, 0.05) is 37.6 Å². The van der Waals surface area contributed by atoms with Gasteiger partial charge in [0.25, 0.3) is 0 Å². The maximum absolute atomic E-state index is 9.21. The lowest BCUT2D eigenvalue weighted by molar-refractivity contribution is 0.280. The van der Waals surface area contributed by atoms with E-state index in [1.165, 1.54) is 0 Å². The van der Waals surface area contributed by atoms with E-state index >= 15 is 0 Å². The molecule has 0 atom stereocenters. The molecule has 190 valence electrons. The number of aliphatic hydroxyl groups excluding tert-OH is 4. The lowest BCUT2D eigenvalue weighted by atomic mass is 10.1. The summed E-state index contributed by atoms with van der Waals surface area (Å²) in [4.78, 5) is 3.91. The maximum Gasteiger partial charge on any atom is 0.0606 e. The van der Waals surface area contributed by atoms with Gasteiger partial charge in [0.2, 0.25) is 0 Å². The molecule has 0 saturated carbocycles. The van der Waals surface area contributed by atoms with Crippen molar-refractivity contribution in [1.29, 1.82) is 0 Å². The Bertz CT molecular complexity index is 977. The minimum Gasteiger partial charge on any atom is -0.395 e. The molecule has 3 rings (SSSR count). The Hall–Kier alpha value is -3.42. The summed E-state index contributed by atoms with van der Waals surface area (Å²) in [6.45, 7) is 2.18. The van der Waals surface area contributed by atoms with Crippen molar-refractivity contribution < 1.29 is 20.4 Å². The number of nitrogens with zero attached hydrogens (tertiary/aromatic N) is 2. The van der Waals surface area contributed by atoms with Crippen molar-refractivity contribution in [3.8, 4) is 0 Å². The highest BCUT2D eigenvalue weighted by Crippen LogP contribution is 2.19. The fraction of sp³-hybridized carbons (Fsp3) is 0.267. The van der Waals surface area contributed by atoms with Crippen molar-refractivity contribution in [3.63, 3.8) is 0 Å². The largest absolute Gasteiger partial charge is 0.395 e. The Kier molecular flexibility index (Phi) is 11.2. The summed E-state index contributed by atoms with van der Waals surface area (Å²) in [6.07, 6.45) is 8.28. The van der Waals surface area contributed by atoms with Crippen LogP contribution < -0.4 is 9.80 Å². The minimum atomic E-state index is 0.0503. The number of benzene rings is 3. The lowest BCUT2D eigenvalue weighted by Gasteiger charge is -2.22. The molecule has 0 spiro atoms. The molecule has 0 amide bonds. The summed E-state index contributed by atoms with van der Waals surface area (Å²) in [6, 6.07) is 24.5. The first-order valence-corrected chi connectivity index (χ1v) is 12.3. The first-order chi connectivity index (χ1) is 17.7. The summed E-state index contributed by atoms with van der Waals surface area (Å²) in [5, 5.41) is 36.8. The molecule has 4 N–H and O–H groups in total. The molecule has 0 radical (unpaired) electrons. The van der Waals surface area contributed by atoms with Crippen LogP contribution in [0.5, 0.6) is 0 Å². The third-order valence-corrected chi connectivity index (χ3v) is 5.87. The van der Waals surface area contributed by atoms with Gasteiger partial charge in [-0.1, -0.05) is 72.8 Å². The van der Waals surface area contributed by atoms with E-state index in [0.717, 1.165) is 33.6 Å². The highest BCUT2D eigenvalue weighted by molar-refractivity contribution is 5.73. The number of aliphatic hydroxyl groups is 4. The van der Waals surface area contributed by atoms with E-state index in [9.17, 15) is 20.4 Å². The lowest BCUT2D eigenvalue weighted by Crippen LogP contribution is -2.29. The molecule has 0 aromatic heterocycles. The van der Waals surface area contributed by atoms with Gasteiger partial charge in [-0.15, -0.1) is 0 Å². The van der Waals surface area contributed by atoms with Gasteiger partial charge in [-0.25, -0.2) is 0 Å². The predicted octanol–water partition coefficient (Wildman–Crippen LogP) is 3.61. The van der Waals surface area contributed by atoms with Crippen molar-refractivity contribution in [2.75, 3.05) is 62.4 Å². The second-order valence-electron chi connectivity index (χ2n) is 8.38. The van der Waals surface area contributed by atoms with Gasteiger partial charge >= 0.3 is 0 Å². The van der Waals surface area contributed by atoms with Crippen LogP contribution in [0.2, 0.25) is 0 Å². The highest BCUT2D eigenvalue weighted by Gasteiger charge is 2.05. The predicted molar refractivity (Wildman–Crippen MR) is 150 cm³/mol. The number of rotatable bonds is 14. The van der Waals surface area contributed by atoms with Crippen LogP contribution in [0.1, 0.15) is 22.3 Å². The van der Waals surface area contributed by atoms with Gasteiger partial charge in [-0.2, -0.15) is 0 Å². The quantitative estimate of drug-likeness (QED) is 0.259. The van der Waals surface area contributed by atoms with Crippen LogP contribution in [0.4, 0.5) is 11.4 Å². The number of hydrogen-bond donors (Lipinski definition) is 4. The standard InChI is InChI=1S/C30H36N2O4/c33-21-17-31(18-22-34)29-13-9-27(10-14-29)7-5-25-1-2-26(4-3-25)6-8-28-11-15-30(16-12-28)32(19-23-35)20-24-36/h1-16,33-36H,17-24H2/b7-5+,8-6+. The van der Waals surface area contributed by atoms with Gasteiger partial charge < -0.3 is 30.2 Å². The molecule has 0 unspecified atom stereocenters. The molecular formula is C30H36N2O4. The summed E-state index contributed by atoms with van der Waals surface area (Å²) < 4.78 is 0. The molecule has 0 saturated heterocycles. The van der Waals surface area contributed by atoms with Crippen molar-refractivity contribution >= 4 is 35.7 Å². The summed E-state index contributed by atoms with van der Waals surface area (Å²) in [5.74, 6) is 0. The van der Waals surface area contributed by atoms with Gasteiger partial charge in [-0.3, -0.25) is 0 Å². The van der Waals surface area contributed by atoms with E-state index in [4.69, 9.17) is 0 Å². The summed E-state index contributed by atoms with van der Waals surface area (Å²) >= 11 is 0. The normalized spacial score (nSPS) is 11.4. The van der Waals surface area contributed by atoms with Gasteiger partial charge in [0.1, 0.15) is 0 Å². The van der Waals surface area contributed by atoms with E-state index in [0.29, 0.717) is 26.2 Å². The third-order valence-electron chi connectivity index (χ3n) is 5.87. The molecular weight excluding hydrogens is 452 g/mol. The van der Waals surface area contributed by atoms with Crippen LogP contribution >= 0.6 is 0 Å². The second-order valence-corrected chi connectivity index (χ2v) is 8.38. The Balaban J connectivity index is 1.58. The van der Waals surface area contributed by atoms with E-state index in [1.807, 2.05) is 58.3 Å². The van der Waals surface area contributed by atoms with Crippen molar-refractivity contribution in [2.45, 2.75) is 0 Å². The second kappa shape index (κ2) is 14.9. The average Bonchev–Trinajstić information content (AvgIpc) is 2.92. The Labute approximate surface area is 213 Å². The fourth-order valence-electron chi connectivity index (χ4n) is 3.92. The molecule has 6 nitrogen and oxygen atoms in total. The summed E-state index contributed by atoms with van der Waals surface area (Å²) in [7, 11) is 0. The molecule has 36 heavy (non-hydrogen) atoms. The van der Waals surface area contributed by atoms with Crippen molar-refractivity contribution in [2.24, 2.45) is 0 Å². The van der Waals surface area contributed by atoms with Gasteiger partial charge in [0.05, 0.1) is 26.4 Å². The van der Waals surface area contributed by atoms with Crippen LogP contribution in [0.25, 0.3) is 24.3 Å². The molecule has 0 aliphatic heterocycles. The first kappa shape index (κ1) is 27.2. The minimum absolute atomic E-state index is 0.0503. The molecule has 6 heteroatoms. The molecule has 0 aliphatic rings. The van der Waals surface area contributed by atoms with Crippen LogP contribution in [-0.4, -0.2) is 73.0 Å². The zero-order chi connectivity index (χ0) is 25.6. The van der Waals surface area contributed by atoms with Crippen LogP contribution in [0.15, 0.2) is 72.8 Å². The maximum atomic E-state index is 9.21. The van der Waals surface area contributed by atoms with E-state index in [-0.39, 0.29) is 26.4 Å². The Morgan fingerprint density at radius 2 is 0.611 bits per heavy atom. The SMILES string of the molecule is OCCN(CCO)c1ccc(/C=C/c2ccc(/C=C/c3ccc(N(CCO)CCO)cc3)cc2)cc1. The Morgan fingerprint density at radius 1 is 0.389 bits per heavy atom. The van der Waals surface area contributed by atoms with E-state index in [2.05, 4.69) is 48.6 Å². The van der Waals surface area contributed by atoms with Crippen LogP contribution in [-0.2, 0) is 0 Å². The van der Waals surface area contributed by atoms with E-state index < -0.39 is 0 Å². The smallest absolute Gasteiger partial charge is 0.0606 e. The zero-order valence-electron chi connectivity index (χ0n) is 20.6. The summed E-state index contributed by atoms with van der Waals surface area (Å²) in [5.41, 5.74) is 6.33.